The molecule has 0 unspecified atom stereocenters. The van der Waals surface area contributed by atoms with Gasteiger partial charge in [0.1, 0.15) is 0 Å². The standard InChI is InChI=1S/C7H7NO4.K.H/c9-6-3-1-2-4-7(6)12-5-8(10)11;;/h1-4,9H,5H2;;. The topological polar surface area (TPSA) is 72.6 Å². The monoisotopic (exact) mass is 209 g/mol. The third-order valence-corrected chi connectivity index (χ3v) is 1.19. The Morgan fingerprint density at radius 1 is 1.46 bits per heavy atom. The van der Waals surface area contributed by atoms with Gasteiger partial charge in [0.05, 0.1) is 4.92 Å². The Kier molecular flexibility index (Phi) is 6.26. The molecule has 0 aromatic heterocycles. The number of ether oxygens (including phenoxy) is 1. The van der Waals surface area contributed by atoms with Crippen LogP contribution in [0, 0.1) is 10.1 Å². The van der Waals surface area contributed by atoms with Gasteiger partial charge in [0.25, 0.3) is 0 Å². The first kappa shape index (κ1) is 12.9. The molecule has 0 saturated carbocycles. The van der Waals surface area contributed by atoms with Crippen LogP contribution in [0.2, 0.25) is 0 Å². The van der Waals surface area contributed by atoms with Gasteiger partial charge in [0, 0.05) is 0 Å². The first-order chi connectivity index (χ1) is 5.70. The van der Waals surface area contributed by atoms with Crippen LogP contribution in [0.15, 0.2) is 24.3 Å². The Morgan fingerprint density at radius 3 is 2.62 bits per heavy atom. The summed E-state index contributed by atoms with van der Waals surface area (Å²) in [7, 11) is 0. The van der Waals surface area contributed by atoms with Gasteiger partial charge in [-0.2, -0.15) is 0 Å². The third-order valence-electron chi connectivity index (χ3n) is 1.19. The second kappa shape index (κ2) is 6.33. The summed E-state index contributed by atoms with van der Waals surface area (Å²) in [5, 5.41) is 19.0. The molecule has 1 rings (SSSR count). The van der Waals surface area contributed by atoms with Crippen molar-refractivity contribution < 1.29 is 14.8 Å². The van der Waals surface area contributed by atoms with Crippen LogP contribution in [0.25, 0.3) is 0 Å². The zero-order valence-corrected chi connectivity index (χ0v) is 6.14. The van der Waals surface area contributed by atoms with Crippen molar-refractivity contribution in [2.45, 2.75) is 0 Å². The number of benzene rings is 1. The fourth-order valence-corrected chi connectivity index (χ4v) is 0.701. The molecule has 0 saturated heterocycles. The van der Waals surface area contributed by atoms with Gasteiger partial charge in [0.2, 0.25) is 0 Å². The number of hydrogen-bond acceptors (Lipinski definition) is 4. The molecule has 0 atom stereocenters. The zero-order chi connectivity index (χ0) is 8.97. The van der Waals surface area contributed by atoms with Crippen molar-refractivity contribution in [2.24, 2.45) is 0 Å². The summed E-state index contributed by atoms with van der Waals surface area (Å²) in [6.07, 6.45) is 0. The van der Waals surface area contributed by atoms with E-state index in [-0.39, 0.29) is 62.9 Å². The van der Waals surface area contributed by atoms with Gasteiger partial charge in [0.15, 0.2) is 11.5 Å². The van der Waals surface area contributed by atoms with E-state index in [9.17, 15) is 10.1 Å². The SMILES string of the molecule is O=[N+]([O-])COc1ccccc1O.[KH]. The van der Waals surface area contributed by atoms with Crippen molar-refractivity contribution in [3.63, 3.8) is 0 Å². The van der Waals surface area contributed by atoms with Crippen molar-refractivity contribution in [1.82, 2.24) is 0 Å². The summed E-state index contributed by atoms with van der Waals surface area (Å²) in [4.78, 5) is 9.26. The van der Waals surface area contributed by atoms with Crippen molar-refractivity contribution in [1.29, 1.82) is 0 Å². The molecule has 0 aliphatic heterocycles. The number of hydrogen-bond donors (Lipinski definition) is 1. The minimum atomic E-state index is -0.641. The number of phenolic OH excluding ortho intramolecular Hbond substituents is 1. The molecule has 66 valence electrons. The first-order valence-electron chi connectivity index (χ1n) is 3.23. The van der Waals surface area contributed by atoms with E-state index in [1.165, 1.54) is 12.1 Å². The molecule has 13 heavy (non-hydrogen) atoms. The molecule has 0 amide bonds. The molecule has 0 fully saturated rings. The Hall–Kier alpha value is -0.144. The van der Waals surface area contributed by atoms with Crippen LogP contribution >= 0.6 is 0 Å². The average molecular weight is 209 g/mol. The van der Waals surface area contributed by atoms with Crippen LogP contribution in [0.1, 0.15) is 0 Å². The van der Waals surface area contributed by atoms with Crippen molar-refractivity contribution in [2.75, 3.05) is 6.73 Å². The molecular formula is C7H8KNO4. The quantitative estimate of drug-likeness (QED) is 0.337. The third kappa shape index (κ3) is 4.58. The van der Waals surface area contributed by atoms with Gasteiger partial charge in [-0.1, -0.05) is 12.1 Å². The fourth-order valence-electron chi connectivity index (χ4n) is 0.701. The van der Waals surface area contributed by atoms with Gasteiger partial charge in [-0.05, 0) is 12.1 Å². The van der Waals surface area contributed by atoms with E-state index in [4.69, 9.17) is 5.11 Å². The molecule has 1 aromatic carbocycles. The van der Waals surface area contributed by atoms with E-state index in [0.717, 1.165) is 0 Å². The van der Waals surface area contributed by atoms with E-state index in [0.29, 0.717) is 0 Å². The molecule has 0 heterocycles. The normalized spacial score (nSPS) is 8.62. The summed E-state index contributed by atoms with van der Waals surface area (Å²) in [6, 6.07) is 6.08. The van der Waals surface area contributed by atoms with Crippen molar-refractivity contribution >= 4 is 51.4 Å². The van der Waals surface area contributed by atoms with E-state index in [1.54, 1.807) is 12.1 Å². The van der Waals surface area contributed by atoms with Crippen LogP contribution < -0.4 is 4.74 Å². The number of para-hydroxylation sites is 2. The Balaban J connectivity index is 0.00000144. The van der Waals surface area contributed by atoms with Crippen LogP contribution in [-0.2, 0) is 0 Å². The summed E-state index contributed by atoms with van der Waals surface area (Å²) in [5.41, 5.74) is 0. The molecular weight excluding hydrogens is 201 g/mol. The van der Waals surface area contributed by atoms with E-state index in [2.05, 4.69) is 4.74 Å². The van der Waals surface area contributed by atoms with Crippen LogP contribution in [-0.4, -0.2) is 68.1 Å². The van der Waals surface area contributed by atoms with Crippen molar-refractivity contribution in [3.05, 3.63) is 34.4 Å². The van der Waals surface area contributed by atoms with Gasteiger partial charge in [-0.15, -0.1) is 0 Å². The van der Waals surface area contributed by atoms with Gasteiger partial charge >= 0.3 is 58.1 Å². The van der Waals surface area contributed by atoms with Crippen LogP contribution in [0.3, 0.4) is 0 Å². The molecule has 0 spiro atoms. The number of nitro groups is 1. The van der Waals surface area contributed by atoms with Crippen molar-refractivity contribution in [3.8, 4) is 11.5 Å². The minimum absolute atomic E-state index is 0. The zero-order valence-electron chi connectivity index (χ0n) is 6.14. The predicted octanol–water partition coefficient (Wildman–Crippen LogP) is 0.357. The van der Waals surface area contributed by atoms with E-state index < -0.39 is 11.7 Å². The Bertz CT molecular complexity index is 292. The Morgan fingerprint density at radius 2 is 2.08 bits per heavy atom. The van der Waals surface area contributed by atoms with Crippen LogP contribution in [0.5, 0.6) is 11.5 Å². The predicted molar refractivity (Wildman–Crippen MR) is 47.7 cm³/mol. The number of aromatic hydroxyl groups is 1. The fraction of sp³-hybridized carbons (Fsp3) is 0.143. The summed E-state index contributed by atoms with van der Waals surface area (Å²) < 4.78 is 4.65. The average Bonchev–Trinajstić information content (AvgIpc) is 2.03. The number of phenols is 1. The first-order valence-corrected chi connectivity index (χ1v) is 3.23. The van der Waals surface area contributed by atoms with E-state index in [1.807, 2.05) is 0 Å². The molecule has 6 heteroatoms. The molecule has 0 bridgehead atoms. The molecule has 1 N–H and O–H groups in total. The molecule has 5 nitrogen and oxygen atoms in total. The van der Waals surface area contributed by atoms with E-state index >= 15 is 0 Å². The second-order valence-electron chi connectivity index (χ2n) is 2.07. The number of rotatable bonds is 3. The summed E-state index contributed by atoms with van der Waals surface area (Å²) in [6.45, 7) is -0.641. The molecule has 1 aromatic rings. The van der Waals surface area contributed by atoms with Gasteiger partial charge in [-0.3, -0.25) is 10.1 Å². The maximum atomic E-state index is 9.88. The van der Waals surface area contributed by atoms with Gasteiger partial charge < -0.3 is 9.84 Å². The maximum absolute atomic E-state index is 9.88. The second-order valence-corrected chi connectivity index (χ2v) is 2.07. The summed E-state index contributed by atoms with van der Waals surface area (Å²) in [5.74, 6) is 0.0218. The van der Waals surface area contributed by atoms with Crippen LogP contribution in [0.4, 0.5) is 0 Å². The Labute approximate surface area is 117 Å². The molecule has 0 aliphatic rings. The molecule has 0 aliphatic carbocycles. The molecule has 0 radical (unpaired) electrons. The van der Waals surface area contributed by atoms with Gasteiger partial charge in [-0.25, -0.2) is 0 Å². The summed E-state index contributed by atoms with van der Waals surface area (Å²) >= 11 is 0. The number of nitrogens with zero attached hydrogens (tertiary/aromatic N) is 1.